The molecule has 0 N–H and O–H groups in total. The van der Waals surface area contributed by atoms with E-state index < -0.39 is 4.92 Å². The van der Waals surface area contributed by atoms with Crippen molar-refractivity contribution >= 4 is 17.4 Å². The van der Waals surface area contributed by atoms with Gasteiger partial charge >= 0.3 is 0 Å². The number of nitro benzene ring substituents is 1. The van der Waals surface area contributed by atoms with E-state index in [0.717, 1.165) is 10.8 Å². The minimum atomic E-state index is -0.413. The van der Waals surface area contributed by atoms with Gasteiger partial charge in [0.2, 0.25) is 0 Å². The topological polar surface area (TPSA) is 68.9 Å². The zero-order valence-corrected chi connectivity index (χ0v) is 13.9. The van der Waals surface area contributed by atoms with Crippen LogP contribution in [0.3, 0.4) is 0 Å². The molecule has 3 aromatic rings. The number of nitro groups is 1. The summed E-state index contributed by atoms with van der Waals surface area (Å²) in [6, 6.07) is 18.4. The minimum Gasteiger partial charge on any atom is -0.258 e. The van der Waals surface area contributed by atoms with Gasteiger partial charge in [-0.1, -0.05) is 48.2 Å². The van der Waals surface area contributed by atoms with Gasteiger partial charge in [-0.05, 0) is 30.2 Å². The molecule has 0 unspecified atom stereocenters. The molecule has 6 heteroatoms. The Balaban J connectivity index is 1.73. The highest BCUT2D eigenvalue weighted by Crippen LogP contribution is 2.25. The Morgan fingerprint density at radius 3 is 2.58 bits per heavy atom. The Bertz CT molecular complexity index is 866. The Morgan fingerprint density at radius 1 is 1.04 bits per heavy atom. The van der Waals surface area contributed by atoms with Crippen molar-refractivity contribution in [1.29, 1.82) is 0 Å². The predicted octanol–water partition coefficient (Wildman–Crippen LogP) is 4.65. The number of hydrogen-bond donors (Lipinski definition) is 0. The van der Waals surface area contributed by atoms with Gasteiger partial charge in [0.1, 0.15) is 5.03 Å². The summed E-state index contributed by atoms with van der Waals surface area (Å²) < 4.78 is 0. The molecule has 0 amide bonds. The molecular formula is C18H15N3O2S. The molecule has 24 heavy (non-hydrogen) atoms. The van der Waals surface area contributed by atoms with Crippen molar-refractivity contribution in [2.75, 3.05) is 0 Å². The fourth-order valence-corrected chi connectivity index (χ4v) is 3.14. The van der Waals surface area contributed by atoms with E-state index in [4.69, 9.17) is 0 Å². The van der Waals surface area contributed by atoms with E-state index in [2.05, 4.69) is 29.3 Å². The fourth-order valence-electron chi connectivity index (χ4n) is 2.25. The second-order valence-electron chi connectivity index (χ2n) is 5.28. The Morgan fingerprint density at radius 2 is 1.88 bits per heavy atom. The lowest BCUT2D eigenvalue weighted by Gasteiger charge is -2.05. The maximum absolute atomic E-state index is 10.9. The van der Waals surface area contributed by atoms with Crippen molar-refractivity contribution in [2.24, 2.45) is 0 Å². The molecule has 120 valence electrons. The Kier molecular flexibility index (Phi) is 4.86. The largest absolute Gasteiger partial charge is 0.270 e. The van der Waals surface area contributed by atoms with Crippen molar-refractivity contribution in [3.8, 4) is 11.3 Å². The van der Waals surface area contributed by atoms with Gasteiger partial charge in [-0.25, -0.2) is 0 Å². The molecule has 0 bridgehead atoms. The highest BCUT2D eigenvalue weighted by Gasteiger charge is 2.09. The van der Waals surface area contributed by atoms with Crippen LogP contribution in [0.2, 0.25) is 0 Å². The van der Waals surface area contributed by atoms with Gasteiger partial charge in [-0.3, -0.25) is 10.1 Å². The molecule has 0 aliphatic carbocycles. The van der Waals surface area contributed by atoms with E-state index in [1.54, 1.807) is 23.9 Å². The molecular weight excluding hydrogens is 322 g/mol. The van der Waals surface area contributed by atoms with Gasteiger partial charge in [0, 0.05) is 23.4 Å². The van der Waals surface area contributed by atoms with Gasteiger partial charge < -0.3 is 0 Å². The Labute approximate surface area is 143 Å². The molecule has 0 radical (unpaired) electrons. The van der Waals surface area contributed by atoms with Crippen LogP contribution < -0.4 is 0 Å². The summed E-state index contributed by atoms with van der Waals surface area (Å²) in [5.74, 6) is 0.831. The van der Waals surface area contributed by atoms with Crippen LogP contribution in [-0.4, -0.2) is 15.1 Å². The molecule has 5 nitrogen and oxygen atoms in total. The molecule has 1 aromatic heterocycles. The highest BCUT2D eigenvalue weighted by molar-refractivity contribution is 7.98. The first-order chi connectivity index (χ1) is 11.6. The summed E-state index contributed by atoms with van der Waals surface area (Å²) in [4.78, 5) is 10.4. The van der Waals surface area contributed by atoms with Gasteiger partial charge in [-0.2, -0.15) is 0 Å². The monoisotopic (exact) mass is 337 g/mol. The summed E-state index contributed by atoms with van der Waals surface area (Å²) in [6.07, 6.45) is 0. The first kappa shape index (κ1) is 16.1. The summed E-state index contributed by atoms with van der Waals surface area (Å²) in [7, 11) is 0. The zero-order chi connectivity index (χ0) is 16.9. The second-order valence-corrected chi connectivity index (χ2v) is 6.28. The number of aromatic nitrogens is 2. The molecule has 0 aliphatic rings. The normalized spacial score (nSPS) is 10.5. The van der Waals surface area contributed by atoms with Crippen molar-refractivity contribution in [3.05, 3.63) is 81.9 Å². The van der Waals surface area contributed by atoms with Gasteiger partial charge in [0.05, 0.1) is 10.6 Å². The first-order valence-electron chi connectivity index (χ1n) is 7.39. The average Bonchev–Trinajstić information content (AvgIpc) is 2.61. The summed E-state index contributed by atoms with van der Waals surface area (Å²) in [5, 5.41) is 20.1. The van der Waals surface area contributed by atoms with Gasteiger partial charge in [0.25, 0.3) is 5.69 Å². The standard InChI is InChI=1S/C18H15N3O2S/c1-13-5-2-3-6-15(13)12-24-18-10-9-17(19-20-18)14-7-4-8-16(11-14)21(22)23/h2-11H,12H2,1H3. The van der Waals surface area contributed by atoms with E-state index in [1.165, 1.54) is 23.3 Å². The Hall–Kier alpha value is -2.73. The molecule has 1 heterocycles. The number of hydrogen-bond acceptors (Lipinski definition) is 5. The van der Waals surface area contributed by atoms with E-state index in [1.807, 2.05) is 24.3 Å². The molecule has 3 rings (SSSR count). The summed E-state index contributed by atoms with van der Waals surface area (Å²) in [6.45, 7) is 2.09. The SMILES string of the molecule is Cc1ccccc1CSc1ccc(-c2cccc([N+](=O)[O-])c2)nn1. The fraction of sp³-hybridized carbons (Fsp3) is 0.111. The van der Waals surface area contributed by atoms with Crippen LogP contribution in [0.1, 0.15) is 11.1 Å². The molecule has 0 saturated carbocycles. The third kappa shape index (κ3) is 3.78. The lowest BCUT2D eigenvalue weighted by atomic mass is 10.1. The molecule has 2 aromatic carbocycles. The van der Waals surface area contributed by atoms with Crippen LogP contribution in [0, 0.1) is 17.0 Å². The van der Waals surface area contributed by atoms with E-state index >= 15 is 0 Å². The quantitative estimate of drug-likeness (QED) is 0.385. The third-order valence-corrected chi connectivity index (χ3v) is 4.60. The summed E-state index contributed by atoms with van der Waals surface area (Å²) in [5.41, 5.74) is 3.89. The molecule has 0 saturated heterocycles. The number of benzene rings is 2. The van der Waals surface area contributed by atoms with E-state index in [9.17, 15) is 10.1 Å². The van der Waals surface area contributed by atoms with Crippen molar-refractivity contribution in [2.45, 2.75) is 17.7 Å². The lowest BCUT2D eigenvalue weighted by Crippen LogP contribution is -1.92. The van der Waals surface area contributed by atoms with Crippen LogP contribution in [0.5, 0.6) is 0 Å². The number of rotatable bonds is 5. The third-order valence-electron chi connectivity index (χ3n) is 3.63. The predicted molar refractivity (Wildman–Crippen MR) is 94.9 cm³/mol. The second kappa shape index (κ2) is 7.23. The molecule has 0 aliphatic heterocycles. The average molecular weight is 337 g/mol. The molecule has 0 spiro atoms. The van der Waals surface area contributed by atoms with Crippen LogP contribution in [0.25, 0.3) is 11.3 Å². The highest BCUT2D eigenvalue weighted by atomic mass is 32.2. The van der Waals surface area contributed by atoms with Crippen molar-refractivity contribution in [1.82, 2.24) is 10.2 Å². The van der Waals surface area contributed by atoms with Gasteiger partial charge in [0.15, 0.2) is 0 Å². The minimum absolute atomic E-state index is 0.0484. The summed E-state index contributed by atoms with van der Waals surface area (Å²) >= 11 is 1.62. The molecule has 0 atom stereocenters. The van der Waals surface area contributed by atoms with E-state index in [-0.39, 0.29) is 5.69 Å². The van der Waals surface area contributed by atoms with Crippen molar-refractivity contribution in [3.63, 3.8) is 0 Å². The van der Waals surface area contributed by atoms with E-state index in [0.29, 0.717) is 11.3 Å². The zero-order valence-electron chi connectivity index (χ0n) is 13.0. The van der Waals surface area contributed by atoms with Crippen LogP contribution >= 0.6 is 11.8 Å². The number of non-ortho nitro benzene ring substituents is 1. The number of thioether (sulfide) groups is 1. The van der Waals surface area contributed by atoms with Crippen LogP contribution in [0.15, 0.2) is 65.7 Å². The van der Waals surface area contributed by atoms with Gasteiger partial charge in [-0.15, -0.1) is 10.2 Å². The first-order valence-corrected chi connectivity index (χ1v) is 8.38. The smallest absolute Gasteiger partial charge is 0.258 e. The molecule has 0 fully saturated rings. The van der Waals surface area contributed by atoms with Crippen molar-refractivity contribution < 1.29 is 4.92 Å². The number of aryl methyl sites for hydroxylation is 1. The van der Waals surface area contributed by atoms with Crippen LogP contribution in [0.4, 0.5) is 5.69 Å². The number of nitrogens with zero attached hydrogens (tertiary/aromatic N) is 3. The van der Waals surface area contributed by atoms with Crippen LogP contribution in [-0.2, 0) is 5.75 Å². The maximum Gasteiger partial charge on any atom is 0.270 e. The lowest BCUT2D eigenvalue weighted by molar-refractivity contribution is -0.384. The maximum atomic E-state index is 10.9.